The van der Waals surface area contributed by atoms with Crippen LogP contribution in [0.4, 0.5) is 0 Å². The number of H-pyrrole nitrogens is 1. The molecule has 1 aromatic carbocycles. The summed E-state index contributed by atoms with van der Waals surface area (Å²) in [5.74, 6) is -0.0454. The van der Waals surface area contributed by atoms with E-state index < -0.39 is 0 Å². The number of rotatable bonds is 2. The maximum Gasteiger partial charge on any atom is 0.251 e. The second-order valence-corrected chi connectivity index (χ2v) is 4.84. The van der Waals surface area contributed by atoms with Gasteiger partial charge in [-0.05, 0) is 36.6 Å². The largest absolute Gasteiger partial charge is 0.508 e. The highest BCUT2D eigenvalue weighted by molar-refractivity contribution is 5.94. The van der Waals surface area contributed by atoms with Gasteiger partial charge in [-0.15, -0.1) is 0 Å². The quantitative estimate of drug-likeness (QED) is 0.761. The molecule has 0 fully saturated rings. The summed E-state index contributed by atoms with van der Waals surface area (Å²) >= 11 is 0. The molecule has 0 saturated carbocycles. The second kappa shape index (κ2) is 4.76. The number of aromatic nitrogens is 2. The molecular formula is C14H15N3O2. The number of amides is 1. The molecule has 0 bridgehead atoms. The van der Waals surface area contributed by atoms with Crippen LogP contribution in [0.5, 0.6) is 5.75 Å². The van der Waals surface area contributed by atoms with Crippen molar-refractivity contribution in [3.8, 4) is 5.75 Å². The normalized spacial score (nSPS) is 17.8. The van der Waals surface area contributed by atoms with Crippen molar-refractivity contribution in [2.24, 2.45) is 0 Å². The van der Waals surface area contributed by atoms with Gasteiger partial charge in [0.1, 0.15) is 5.75 Å². The van der Waals surface area contributed by atoms with E-state index in [1.54, 1.807) is 18.2 Å². The zero-order valence-corrected chi connectivity index (χ0v) is 10.4. The Morgan fingerprint density at radius 2 is 2.37 bits per heavy atom. The lowest BCUT2D eigenvalue weighted by atomic mass is 9.93. The van der Waals surface area contributed by atoms with Gasteiger partial charge >= 0.3 is 0 Å². The van der Waals surface area contributed by atoms with Crippen molar-refractivity contribution >= 4 is 5.91 Å². The van der Waals surface area contributed by atoms with Crippen LogP contribution in [0.3, 0.4) is 0 Å². The van der Waals surface area contributed by atoms with Crippen LogP contribution in [0.25, 0.3) is 0 Å². The highest BCUT2D eigenvalue weighted by Gasteiger charge is 2.21. The summed E-state index contributed by atoms with van der Waals surface area (Å²) in [6.45, 7) is 0. The molecule has 1 amide bonds. The third kappa shape index (κ3) is 2.45. The molecule has 0 spiro atoms. The van der Waals surface area contributed by atoms with Gasteiger partial charge in [-0.25, -0.2) is 0 Å². The Hall–Kier alpha value is -2.30. The van der Waals surface area contributed by atoms with E-state index in [1.807, 2.05) is 6.20 Å². The molecule has 1 aliphatic carbocycles. The van der Waals surface area contributed by atoms with Gasteiger partial charge in [-0.1, -0.05) is 6.07 Å². The molecule has 3 N–H and O–H groups in total. The molecule has 19 heavy (non-hydrogen) atoms. The minimum absolute atomic E-state index is 0.104. The van der Waals surface area contributed by atoms with Crippen LogP contribution in [0.15, 0.2) is 30.5 Å². The Bertz CT molecular complexity index is 606. The van der Waals surface area contributed by atoms with Crippen LogP contribution in [0.2, 0.25) is 0 Å². The Kier molecular flexibility index (Phi) is 2.95. The van der Waals surface area contributed by atoms with Gasteiger partial charge in [0.15, 0.2) is 0 Å². The molecule has 2 aromatic rings. The summed E-state index contributed by atoms with van der Waals surface area (Å²) in [5, 5.41) is 19.4. The highest BCUT2D eigenvalue weighted by Crippen LogP contribution is 2.19. The van der Waals surface area contributed by atoms with Gasteiger partial charge in [-0.2, -0.15) is 5.10 Å². The van der Waals surface area contributed by atoms with E-state index in [-0.39, 0.29) is 17.7 Å². The average molecular weight is 257 g/mol. The number of nitrogens with zero attached hydrogens (tertiary/aromatic N) is 1. The highest BCUT2D eigenvalue weighted by atomic mass is 16.3. The third-order valence-corrected chi connectivity index (χ3v) is 3.46. The first kappa shape index (κ1) is 11.8. The Labute approximate surface area is 110 Å². The lowest BCUT2D eigenvalue weighted by Gasteiger charge is -2.22. The number of carbonyl (C=O) groups is 1. The molecule has 1 aromatic heterocycles. The third-order valence-electron chi connectivity index (χ3n) is 3.46. The molecule has 5 nitrogen and oxygen atoms in total. The number of hydrogen-bond acceptors (Lipinski definition) is 3. The first-order valence-electron chi connectivity index (χ1n) is 6.33. The van der Waals surface area contributed by atoms with E-state index in [9.17, 15) is 9.90 Å². The Morgan fingerprint density at radius 1 is 1.47 bits per heavy atom. The molecule has 1 heterocycles. The van der Waals surface area contributed by atoms with Crippen molar-refractivity contribution in [2.45, 2.75) is 25.3 Å². The van der Waals surface area contributed by atoms with Crippen LogP contribution < -0.4 is 5.32 Å². The number of carbonyl (C=O) groups excluding carboxylic acids is 1. The molecule has 1 atom stereocenters. The van der Waals surface area contributed by atoms with Crippen LogP contribution in [0, 0.1) is 0 Å². The predicted octanol–water partition coefficient (Wildman–Crippen LogP) is 1.40. The summed E-state index contributed by atoms with van der Waals surface area (Å²) in [5.41, 5.74) is 2.82. The van der Waals surface area contributed by atoms with E-state index in [1.165, 1.54) is 11.6 Å². The summed E-state index contributed by atoms with van der Waals surface area (Å²) in [6.07, 6.45) is 4.47. The number of aromatic amines is 1. The van der Waals surface area contributed by atoms with Gasteiger partial charge < -0.3 is 10.4 Å². The molecule has 1 unspecified atom stereocenters. The first-order valence-corrected chi connectivity index (χ1v) is 6.33. The molecule has 3 rings (SSSR count). The van der Waals surface area contributed by atoms with Crippen LogP contribution in [-0.2, 0) is 12.8 Å². The van der Waals surface area contributed by atoms with Gasteiger partial charge in [0, 0.05) is 23.7 Å². The van der Waals surface area contributed by atoms with Gasteiger partial charge in [-0.3, -0.25) is 9.89 Å². The molecule has 98 valence electrons. The number of phenolic OH excluding ortho intramolecular Hbond substituents is 1. The summed E-state index contributed by atoms with van der Waals surface area (Å²) in [7, 11) is 0. The van der Waals surface area contributed by atoms with Crippen molar-refractivity contribution in [3.05, 3.63) is 47.3 Å². The monoisotopic (exact) mass is 257 g/mol. The number of hydrogen-bond donors (Lipinski definition) is 3. The fourth-order valence-corrected chi connectivity index (χ4v) is 2.45. The van der Waals surface area contributed by atoms with Crippen LogP contribution in [0.1, 0.15) is 28.0 Å². The lowest BCUT2D eigenvalue weighted by Crippen LogP contribution is -2.38. The molecule has 1 aliphatic rings. The van der Waals surface area contributed by atoms with Crippen LogP contribution in [-0.4, -0.2) is 27.3 Å². The van der Waals surface area contributed by atoms with Gasteiger partial charge in [0.2, 0.25) is 0 Å². The standard InChI is InChI=1S/C14H15N3O2/c18-12-3-1-2-9(6-12)14(19)16-11-5-4-10-8-15-17-13(10)7-11/h1-3,6,8,11,18H,4-5,7H2,(H,15,17)(H,16,19). The van der Waals surface area contributed by atoms with E-state index in [2.05, 4.69) is 15.5 Å². The topological polar surface area (TPSA) is 78.0 Å². The lowest BCUT2D eigenvalue weighted by molar-refractivity contribution is 0.0933. The number of aromatic hydroxyl groups is 1. The fourth-order valence-electron chi connectivity index (χ4n) is 2.45. The molecule has 0 radical (unpaired) electrons. The number of fused-ring (bicyclic) bond motifs is 1. The maximum absolute atomic E-state index is 12.1. The molecular weight excluding hydrogens is 242 g/mol. The number of nitrogens with one attached hydrogen (secondary N) is 2. The van der Waals surface area contributed by atoms with Crippen molar-refractivity contribution in [2.75, 3.05) is 0 Å². The van der Waals surface area contributed by atoms with Gasteiger partial charge in [0.05, 0.1) is 6.20 Å². The molecule has 5 heteroatoms. The van der Waals surface area contributed by atoms with E-state index in [4.69, 9.17) is 0 Å². The summed E-state index contributed by atoms with van der Waals surface area (Å²) in [4.78, 5) is 12.1. The minimum Gasteiger partial charge on any atom is -0.508 e. The maximum atomic E-state index is 12.1. The minimum atomic E-state index is -0.149. The van der Waals surface area contributed by atoms with E-state index >= 15 is 0 Å². The number of benzene rings is 1. The summed E-state index contributed by atoms with van der Waals surface area (Å²) < 4.78 is 0. The second-order valence-electron chi connectivity index (χ2n) is 4.84. The number of aryl methyl sites for hydroxylation is 1. The summed E-state index contributed by atoms with van der Waals surface area (Å²) in [6, 6.07) is 6.49. The smallest absolute Gasteiger partial charge is 0.251 e. The number of phenols is 1. The van der Waals surface area contributed by atoms with E-state index in [0.29, 0.717) is 5.56 Å². The molecule has 0 saturated heterocycles. The van der Waals surface area contributed by atoms with Crippen LogP contribution >= 0.6 is 0 Å². The average Bonchev–Trinajstić information content (AvgIpc) is 2.86. The van der Waals surface area contributed by atoms with Gasteiger partial charge in [0.25, 0.3) is 5.91 Å². The van der Waals surface area contributed by atoms with Crippen molar-refractivity contribution in [3.63, 3.8) is 0 Å². The predicted molar refractivity (Wildman–Crippen MR) is 70.0 cm³/mol. The van der Waals surface area contributed by atoms with E-state index in [0.717, 1.165) is 25.0 Å². The Balaban J connectivity index is 1.68. The van der Waals surface area contributed by atoms with Crippen molar-refractivity contribution < 1.29 is 9.90 Å². The Morgan fingerprint density at radius 3 is 3.21 bits per heavy atom. The molecule has 0 aliphatic heterocycles. The zero-order valence-electron chi connectivity index (χ0n) is 10.4. The van der Waals surface area contributed by atoms with Crippen molar-refractivity contribution in [1.29, 1.82) is 0 Å². The fraction of sp³-hybridized carbons (Fsp3) is 0.286. The SMILES string of the molecule is O=C(NC1CCc2cn[nH]c2C1)c1cccc(O)c1. The zero-order chi connectivity index (χ0) is 13.2. The van der Waals surface area contributed by atoms with Crippen molar-refractivity contribution in [1.82, 2.24) is 15.5 Å². The first-order chi connectivity index (χ1) is 9.22.